The van der Waals surface area contributed by atoms with Gasteiger partial charge in [0.1, 0.15) is 0 Å². The van der Waals surface area contributed by atoms with E-state index in [-0.39, 0.29) is 5.97 Å². The molecule has 0 amide bonds. The van der Waals surface area contributed by atoms with Crippen LogP contribution in [-0.2, 0) is 9.53 Å². The van der Waals surface area contributed by atoms with Crippen LogP contribution in [0.1, 0.15) is 110 Å². The van der Waals surface area contributed by atoms with Crippen molar-refractivity contribution in [2.45, 2.75) is 120 Å². The molecule has 0 N–H and O–H groups in total. The van der Waals surface area contributed by atoms with Crippen LogP contribution in [0.3, 0.4) is 0 Å². The first kappa shape index (κ1) is 21.9. The summed E-state index contributed by atoms with van der Waals surface area (Å²) in [7, 11) is 1.47. The molecule has 0 bridgehead atoms. The number of carbonyl (C=O) groups is 1. The van der Waals surface area contributed by atoms with E-state index in [1.54, 1.807) is 0 Å². The lowest BCUT2D eigenvalue weighted by Gasteiger charge is -2.02. The number of carbonyl (C=O) groups excluding carboxylic acids is 1. The molecule has 1 fully saturated rings. The number of hydrogen-bond donors (Lipinski definition) is 0. The Hall–Kier alpha value is -0.180. The van der Waals surface area contributed by atoms with Crippen molar-refractivity contribution in [3.8, 4) is 0 Å². The van der Waals surface area contributed by atoms with Crippen molar-refractivity contribution in [2.75, 3.05) is 7.11 Å². The molecule has 24 heavy (non-hydrogen) atoms. The quantitative estimate of drug-likeness (QED) is 0.161. The van der Waals surface area contributed by atoms with Crippen LogP contribution in [0.2, 0.25) is 0 Å². The Morgan fingerprint density at radius 3 is 1.71 bits per heavy atom. The summed E-state index contributed by atoms with van der Waals surface area (Å²) in [6.45, 7) is 2.29. The summed E-state index contributed by atoms with van der Waals surface area (Å²) in [5.74, 6) is -0.0605. The summed E-state index contributed by atoms with van der Waals surface area (Å²) in [6.07, 6.45) is 21.2. The molecule has 0 aromatic rings. The van der Waals surface area contributed by atoms with Gasteiger partial charge in [-0.05, 0) is 19.3 Å². The summed E-state index contributed by atoms with van der Waals surface area (Å²) < 4.78 is 4.67. The van der Waals surface area contributed by atoms with Gasteiger partial charge >= 0.3 is 5.97 Å². The normalized spacial score (nSPS) is 19.4. The zero-order valence-corrected chi connectivity index (χ0v) is 17.0. The fraction of sp³-hybridized carbons (Fsp3) is 0.952. The van der Waals surface area contributed by atoms with Crippen molar-refractivity contribution in [2.24, 2.45) is 0 Å². The van der Waals surface area contributed by atoms with Crippen molar-refractivity contribution < 1.29 is 9.53 Å². The molecule has 3 heteroatoms. The van der Waals surface area contributed by atoms with Crippen LogP contribution < -0.4 is 0 Å². The second-order valence-electron chi connectivity index (χ2n) is 7.36. The van der Waals surface area contributed by atoms with Crippen LogP contribution >= 0.6 is 11.8 Å². The van der Waals surface area contributed by atoms with E-state index in [1.807, 2.05) is 0 Å². The Kier molecular flexibility index (Phi) is 13.8. The molecule has 0 aromatic heterocycles. The van der Waals surface area contributed by atoms with Gasteiger partial charge in [-0.25, -0.2) is 0 Å². The Balaban J connectivity index is 1.75. The SMILES string of the molecule is CCCCCCCCCCCCC1SC1CCCCCC(=O)OC. The van der Waals surface area contributed by atoms with E-state index in [4.69, 9.17) is 0 Å². The lowest BCUT2D eigenvalue weighted by atomic mass is 10.0. The third-order valence-corrected chi connectivity index (χ3v) is 6.64. The second kappa shape index (κ2) is 15.1. The van der Waals surface area contributed by atoms with Crippen LogP contribution in [0.25, 0.3) is 0 Å². The van der Waals surface area contributed by atoms with Crippen molar-refractivity contribution >= 4 is 17.7 Å². The van der Waals surface area contributed by atoms with Gasteiger partial charge in [0.05, 0.1) is 7.11 Å². The zero-order valence-electron chi connectivity index (χ0n) is 16.2. The Bertz CT molecular complexity index is 306. The van der Waals surface area contributed by atoms with E-state index in [2.05, 4.69) is 23.4 Å². The van der Waals surface area contributed by atoms with Gasteiger partial charge in [-0.15, -0.1) is 0 Å². The number of unbranched alkanes of at least 4 members (excludes halogenated alkanes) is 11. The lowest BCUT2D eigenvalue weighted by Crippen LogP contribution is -1.99. The number of methoxy groups -OCH3 is 1. The summed E-state index contributed by atoms with van der Waals surface area (Å²) in [4.78, 5) is 11.0. The maximum atomic E-state index is 11.0. The highest BCUT2D eigenvalue weighted by molar-refractivity contribution is 8.07. The first-order valence-corrected chi connectivity index (χ1v) is 11.4. The average molecular weight is 357 g/mol. The van der Waals surface area contributed by atoms with Gasteiger partial charge in [-0.3, -0.25) is 4.79 Å². The largest absolute Gasteiger partial charge is 0.469 e. The molecule has 0 radical (unpaired) electrons. The first-order chi connectivity index (χ1) is 11.8. The minimum atomic E-state index is -0.0605. The van der Waals surface area contributed by atoms with Crippen molar-refractivity contribution in [3.05, 3.63) is 0 Å². The zero-order chi connectivity index (χ0) is 17.5. The summed E-state index contributed by atoms with van der Waals surface area (Å²) in [5, 5.41) is 1.89. The van der Waals surface area contributed by atoms with Gasteiger partial charge in [-0.2, -0.15) is 11.8 Å². The number of esters is 1. The number of hydrogen-bond acceptors (Lipinski definition) is 3. The van der Waals surface area contributed by atoms with Gasteiger partial charge in [0.25, 0.3) is 0 Å². The Morgan fingerprint density at radius 2 is 1.21 bits per heavy atom. The molecule has 1 aliphatic rings. The molecule has 1 heterocycles. The molecule has 0 aliphatic carbocycles. The predicted octanol–water partition coefficient (Wildman–Crippen LogP) is 6.90. The average Bonchev–Trinajstić information content (AvgIpc) is 3.34. The molecule has 1 saturated heterocycles. The fourth-order valence-electron chi connectivity index (χ4n) is 3.41. The van der Waals surface area contributed by atoms with E-state index in [1.165, 1.54) is 97.0 Å². The highest BCUT2D eigenvalue weighted by Crippen LogP contribution is 2.47. The number of rotatable bonds is 17. The third kappa shape index (κ3) is 12.2. The van der Waals surface area contributed by atoms with E-state index >= 15 is 0 Å². The van der Waals surface area contributed by atoms with E-state index < -0.39 is 0 Å². The molecule has 0 saturated carbocycles. The van der Waals surface area contributed by atoms with Crippen molar-refractivity contribution in [1.82, 2.24) is 0 Å². The minimum Gasteiger partial charge on any atom is -0.469 e. The molecular weight excluding hydrogens is 316 g/mol. The summed E-state index contributed by atoms with van der Waals surface area (Å²) in [5.41, 5.74) is 0. The van der Waals surface area contributed by atoms with E-state index in [0.29, 0.717) is 6.42 Å². The molecular formula is C21H40O2S. The highest BCUT2D eigenvalue weighted by Gasteiger charge is 2.36. The molecule has 1 rings (SSSR count). The van der Waals surface area contributed by atoms with Gasteiger partial charge in [0, 0.05) is 16.9 Å². The monoisotopic (exact) mass is 356 g/mol. The lowest BCUT2D eigenvalue weighted by molar-refractivity contribution is -0.140. The van der Waals surface area contributed by atoms with E-state index in [9.17, 15) is 4.79 Å². The van der Waals surface area contributed by atoms with Crippen LogP contribution in [0.5, 0.6) is 0 Å². The molecule has 1 aliphatic heterocycles. The number of ether oxygens (including phenoxy) is 1. The van der Waals surface area contributed by atoms with Crippen LogP contribution in [0.4, 0.5) is 0 Å². The summed E-state index contributed by atoms with van der Waals surface area (Å²) >= 11 is 2.19. The predicted molar refractivity (Wildman–Crippen MR) is 107 cm³/mol. The van der Waals surface area contributed by atoms with Crippen LogP contribution in [0, 0.1) is 0 Å². The molecule has 2 atom stereocenters. The highest BCUT2D eigenvalue weighted by atomic mass is 32.2. The minimum absolute atomic E-state index is 0.0605. The number of thioether (sulfide) groups is 1. The molecule has 2 unspecified atom stereocenters. The van der Waals surface area contributed by atoms with Crippen LogP contribution in [0.15, 0.2) is 0 Å². The molecule has 2 nitrogen and oxygen atoms in total. The third-order valence-electron chi connectivity index (χ3n) is 5.13. The van der Waals surface area contributed by atoms with Gasteiger partial charge in [0.15, 0.2) is 0 Å². The molecule has 142 valence electrons. The second-order valence-corrected chi connectivity index (χ2v) is 8.84. The Morgan fingerprint density at radius 1 is 0.750 bits per heavy atom. The smallest absolute Gasteiger partial charge is 0.305 e. The fourth-order valence-corrected chi connectivity index (χ4v) is 4.65. The maximum absolute atomic E-state index is 11.0. The van der Waals surface area contributed by atoms with Crippen molar-refractivity contribution in [1.29, 1.82) is 0 Å². The Labute approximate surface area is 154 Å². The van der Waals surface area contributed by atoms with Crippen LogP contribution in [-0.4, -0.2) is 23.6 Å². The summed E-state index contributed by atoms with van der Waals surface area (Å²) in [6, 6.07) is 0. The standard InChI is InChI=1S/C21H40O2S/c1-3-4-5-6-7-8-9-10-11-13-16-19-20(24-19)17-14-12-15-18-21(22)23-2/h19-20H,3-18H2,1-2H3. The molecule has 0 spiro atoms. The van der Waals surface area contributed by atoms with Gasteiger partial charge in [0.2, 0.25) is 0 Å². The van der Waals surface area contributed by atoms with Gasteiger partial charge in [-0.1, -0.05) is 84.0 Å². The van der Waals surface area contributed by atoms with Crippen molar-refractivity contribution in [3.63, 3.8) is 0 Å². The molecule has 0 aromatic carbocycles. The topological polar surface area (TPSA) is 26.3 Å². The van der Waals surface area contributed by atoms with Gasteiger partial charge < -0.3 is 4.74 Å². The van der Waals surface area contributed by atoms with E-state index in [0.717, 1.165) is 16.9 Å². The maximum Gasteiger partial charge on any atom is 0.305 e. The first-order valence-electron chi connectivity index (χ1n) is 10.5.